The molecule has 1 aromatic carbocycles. The second-order valence-corrected chi connectivity index (χ2v) is 8.47. The zero-order valence-corrected chi connectivity index (χ0v) is 18.1. The van der Waals surface area contributed by atoms with E-state index in [0.29, 0.717) is 19.4 Å². The molecule has 3 atom stereocenters. The van der Waals surface area contributed by atoms with Gasteiger partial charge in [0.15, 0.2) is 5.76 Å². The second-order valence-electron chi connectivity index (χ2n) is 8.47. The van der Waals surface area contributed by atoms with Crippen LogP contribution in [0.1, 0.15) is 31.2 Å². The van der Waals surface area contributed by atoms with Gasteiger partial charge in [-0.2, -0.15) is 0 Å². The number of rotatable bonds is 7. The predicted molar refractivity (Wildman–Crippen MR) is 117 cm³/mol. The second kappa shape index (κ2) is 10.3. The topological polar surface area (TPSA) is 91.1 Å². The van der Waals surface area contributed by atoms with Gasteiger partial charge in [0.05, 0.1) is 24.4 Å². The van der Waals surface area contributed by atoms with E-state index in [0.717, 1.165) is 50.6 Å². The standard InChI is InChI=1S/C23H32N4O4/c1-17(28)24-15-23-22(29)8-7-20(30-23)13-18-14-21(31-25-18)16-26-9-11-27(12-10-26)19-5-3-2-4-6-19/h2-6,14,20,22-23,29H,7-13,15-16H2,1H3,(H,24,28)/t20-,22-,23+/m0/s1. The monoisotopic (exact) mass is 428 g/mol. The molecule has 8 heteroatoms. The minimum absolute atomic E-state index is 0.0328. The molecule has 1 aromatic heterocycles. The van der Waals surface area contributed by atoms with Gasteiger partial charge >= 0.3 is 0 Å². The smallest absolute Gasteiger partial charge is 0.216 e. The number of aliphatic hydroxyl groups is 1. The normalized spacial score (nSPS) is 24.8. The lowest BCUT2D eigenvalue weighted by Crippen LogP contribution is -2.46. The molecule has 2 fully saturated rings. The summed E-state index contributed by atoms with van der Waals surface area (Å²) in [7, 11) is 0. The van der Waals surface area contributed by atoms with Gasteiger partial charge < -0.3 is 24.6 Å². The Kier molecular flexibility index (Phi) is 7.21. The van der Waals surface area contributed by atoms with Crippen molar-refractivity contribution in [2.75, 3.05) is 37.6 Å². The lowest BCUT2D eigenvalue weighted by atomic mass is 9.98. The SMILES string of the molecule is CC(=O)NC[C@H]1O[C@H](Cc2cc(CN3CCN(c4ccccc4)CC3)on2)CC[C@@H]1O. The molecule has 31 heavy (non-hydrogen) atoms. The number of carbonyl (C=O) groups is 1. The van der Waals surface area contributed by atoms with E-state index in [4.69, 9.17) is 9.26 Å². The maximum absolute atomic E-state index is 11.1. The number of piperazine rings is 1. The Labute approximate surface area is 183 Å². The average Bonchev–Trinajstić information content (AvgIpc) is 3.22. The maximum Gasteiger partial charge on any atom is 0.216 e. The number of para-hydroxylation sites is 1. The highest BCUT2D eigenvalue weighted by Gasteiger charge is 2.30. The Bertz CT molecular complexity index is 835. The third-order valence-electron chi connectivity index (χ3n) is 6.05. The Morgan fingerprint density at radius 2 is 1.97 bits per heavy atom. The van der Waals surface area contributed by atoms with Crippen molar-refractivity contribution in [3.8, 4) is 0 Å². The van der Waals surface area contributed by atoms with E-state index in [-0.39, 0.29) is 18.1 Å². The molecule has 2 aliphatic heterocycles. The van der Waals surface area contributed by atoms with Crippen molar-refractivity contribution in [3.05, 3.63) is 47.9 Å². The van der Waals surface area contributed by atoms with Crippen molar-refractivity contribution in [2.45, 2.75) is 51.0 Å². The van der Waals surface area contributed by atoms with Crippen LogP contribution in [0.4, 0.5) is 5.69 Å². The number of hydrogen-bond donors (Lipinski definition) is 2. The first kappa shape index (κ1) is 21.8. The van der Waals surface area contributed by atoms with E-state index in [9.17, 15) is 9.90 Å². The molecule has 8 nitrogen and oxygen atoms in total. The van der Waals surface area contributed by atoms with Crippen LogP contribution in [0.15, 0.2) is 40.9 Å². The minimum atomic E-state index is -0.550. The lowest BCUT2D eigenvalue weighted by molar-refractivity contribution is -0.127. The Morgan fingerprint density at radius 3 is 2.71 bits per heavy atom. The highest BCUT2D eigenvalue weighted by atomic mass is 16.5. The molecule has 4 rings (SSSR count). The number of nitrogens with zero attached hydrogens (tertiary/aromatic N) is 3. The number of aromatic nitrogens is 1. The number of carbonyl (C=O) groups excluding carboxylic acids is 1. The molecule has 1 amide bonds. The third-order valence-corrected chi connectivity index (χ3v) is 6.05. The van der Waals surface area contributed by atoms with Crippen molar-refractivity contribution < 1.29 is 19.2 Å². The number of benzene rings is 1. The van der Waals surface area contributed by atoms with Crippen LogP contribution in [0.25, 0.3) is 0 Å². The summed E-state index contributed by atoms with van der Waals surface area (Å²) in [5.74, 6) is 0.748. The number of nitrogens with one attached hydrogen (secondary N) is 1. The summed E-state index contributed by atoms with van der Waals surface area (Å²) in [5.41, 5.74) is 2.15. The quantitative estimate of drug-likeness (QED) is 0.692. The van der Waals surface area contributed by atoms with Gasteiger partial charge in [-0.1, -0.05) is 23.4 Å². The number of hydrogen-bond acceptors (Lipinski definition) is 7. The molecular formula is C23H32N4O4. The fraction of sp³-hybridized carbons (Fsp3) is 0.565. The molecule has 0 bridgehead atoms. The van der Waals surface area contributed by atoms with Crippen LogP contribution in [0.5, 0.6) is 0 Å². The van der Waals surface area contributed by atoms with E-state index >= 15 is 0 Å². The summed E-state index contributed by atoms with van der Waals surface area (Å²) >= 11 is 0. The van der Waals surface area contributed by atoms with Crippen LogP contribution in [-0.2, 0) is 22.5 Å². The molecule has 2 N–H and O–H groups in total. The van der Waals surface area contributed by atoms with Crippen molar-refractivity contribution in [1.29, 1.82) is 0 Å². The molecule has 0 radical (unpaired) electrons. The number of aliphatic hydroxyl groups excluding tert-OH is 1. The molecule has 3 heterocycles. The van der Waals surface area contributed by atoms with E-state index in [1.807, 2.05) is 12.1 Å². The Hall–Kier alpha value is -2.42. The summed E-state index contributed by atoms with van der Waals surface area (Å²) < 4.78 is 11.6. The molecule has 2 saturated heterocycles. The van der Waals surface area contributed by atoms with Crippen molar-refractivity contribution in [1.82, 2.24) is 15.4 Å². The van der Waals surface area contributed by atoms with Gasteiger partial charge in [0.2, 0.25) is 5.91 Å². The molecule has 2 aromatic rings. The summed E-state index contributed by atoms with van der Waals surface area (Å²) in [6.45, 7) is 6.51. The van der Waals surface area contributed by atoms with Crippen LogP contribution in [0, 0.1) is 0 Å². The minimum Gasteiger partial charge on any atom is -0.390 e. The van der Waals surface area contributed by atoms with E-state index in [1.54, 1.807) is 0 Å². The molecule has 168 valence electrons. The van der Waals surface area contributed by atoms with Gasteiger partial charge in [-0.25, -0.2) is 0 Å². The van der Waals surface area contributed by atoms with Crippen molar-refractivity contribution in [2.24, 2.45) is 0 Å². The van der Waals surface area contributed by atoms with Crippen LogP contribution < -0.4 is 10.2 Å². The Balaban J connectivity index is 1.24. The fourth-order valence-corrected chi connectivity index (χ4v) is 4.31. The summed E-state index contributed by atoms with van der Waals surface area (Å²) in [6, 6.07) is 12.5. The summed E-state index contributed by atoms with van der Waals surface area (Å²) in [4.78, 5) is 15.9. The Morgan fingerprint density at radius 1 is 1.19 bits per heavy atom. The molecule has 0 aliphatic carbocycles. The van der Waals surface area contributed by atoms with Gasteiger partial charge in [-0.3, -0.25) is 9.69 Å². The van der Waals surface area contributed by atoms with E-state index in [1.165, 1.54) is 12.6 Å². The number of anilines is 1. The van der Waals surface area contributed by atoms with Gasteiger partial charge in [0.25, 0.3) is 0 Å². The summed E-state index contributed by atoms with van der Waals surface area (Å²) in [6.07, 6.45) is 1.11. The van der Waals surface area contributed by atoms with Gasteiger partial charge in [0.1, 0.15) is 6.10 Å². The van der Waals surface area contributed by atoms with Gasteiger partial charge in [-0.05, 0) is 25.0 Å². The molecule has 2 aliphatic rings. The van der Waals surface area contributed by atoms with Crippen LogP contribution in [0.3, 0.4) is 0 Å². The summed E-state index contributed by atoms with van der Waals surface area (Å²) in [5, 5.41) is 17.1. The first-order valence-corrected chi connectivity index (χ1v) is 11.1. The molecular weight excluding hydrogens is 396 g/mol. The van der Waals surface area contributed by atoms with Crippen molar-refractivity contribution in [3.63, 3.8) is 0 Å². The van der Waals surface area contributed by atoms with E-state index < -0.39 is 6.10 Å². The van der Waals surface area contributed by atoms with Crippen LogP contribution in [0.2, 0.25) is 0 Å². The fourth-order valence-electron chi connectivity index (χ4n) is 4.31. The number of amides is 1. The number of ether oxygens (including phenoxy) is 1. The predicted octanol–water partition coefficient (Wildman–Crippen LogP) is 1.58. The third kappa shape index (κ3) is 6.06. The molecule has 0 saturated carbocycles. The maximum atomic E-state index is 11.1. The lowest BCUT2D eigenvalue weighted by Gasteiger charge is -2.35. The average molecular weight is 429 g/mol. The van der Waals surface area contributed by atoms with Gasteiger partial charge in [-0.15, -0.1) is 0 Å². The molecule has 0 spiro atoms. The van der Waals surface area contributed by atoms with E-state index in [2.05, 4.69) is 44.5 Å². The highest BCUT2D eigenvalue weighted by Crippen LogP contribution is 2.23. The molecule has 0 unspecified atom stereocenters. The van der Waals surface area contributed by atoms with Gasteiger partial charge in [0, 0.05) is 57.8 Å². The first-order valence-electron chi connectivity index (χ1n) is 11.1. The van der Waals surface area contributed by atoms with Crippen LogP contribution in [-0.4, -0.2) is 72.1 Å². The van der Waals surface area contributed by atoms with Crippen molar-refractivity contribution >= 4 is 11.6 Å². The zero-order chi connectivity index (χ0) is 21.6. The largest absolute Gasteiger partial charge is 0.390 e. The highest BCUT2D eigenvalue weighted by molar-refractivity contribution is 5.72. The first-order chi connectivity index (χ1) is 15.1. The zero-order valence-electron chi connectivity index (χ0n) is 18.1. The van der Waals surface area contributed by atoms with Crippen LogP contribution >= 0.6 is 0 Å².